The molecule has 0 bridgehead atoms. The summed E-state index contributed by atoms with van der Waals surface area (Å²) in [6.07, 6.45) is 0. The Morgan fingerprint density at radius 3 is 2.40 bits per heavy atom. The number of benzene rings is 2. The van der Waals surface area contributed by atoms with Crippen molar-refractivity contribution in [2.75, 3.05) is 0 Å². The summed E-state index contributed by atoms with van der Waals surface area (Å²) in [5, 5.41) is 8.83. The lowest BCUT2D eigenvalue weighted by Gasteiger charge is -2.08. The van der Waals surface area contributed by atoms with E-state index < -0.39 is 26.6 Å². The fourth-order valence-electron chi connectivity index (χ4n) is 1.43. The Balaban J connectivity index is 2.41. The van der Waals surface area contributed by atoms with E-state index in [0.717, 1.165) is 6.07 Å². The van der Waals surface area contributed by atoms with E-state index in [2.05, 4.69) is 0 Å². The van der Waals surface area contributed by atoms with Crippen LogP contribution in [-0.4, -0.2) is 8.42 Å². The lowest BCUT2D eigenvalue weighted by molar-refractivity contribution is 0.479. The maximum atomic E-state index is 13.0. The van der Waals surface area contributed by atoms with Gasteiger partial charge in [0.25, 0.3) is 0 Å². The number of hydrogen-bond acceptors (Lipinski definition) is 4. The minimum Gasteiger partial charge on any atom is -0.378 e. The van der Waals surface area contributed by atoms with Crippen LogP contribution in [0.4, 0.5) is 8.78 Å². The van der Waals surface area contributed by atoms with Gasteiger partial charge in [-0.1, -0.05) is 12.1 Å². The summed E-state index contributed by atoms with van der Waals surface area (Å²) in [6.45, 7) is 0. The zero-order chi connectivity index (χ0) is 14.8. The number of hydrogen-bond donors (Lipinski definition) is 0. The van der Waals surface area contributed by atoms with Crippen LogP contribution in [0.15, 0.2) is 47.4 Å². The van der Waals surface area contributed by atoms with Gasteiger partial charge in [-0.2, -0.15) is 13.7 Å². The third-order valence-electron chi connectivity index (χ3n) is 2.39. The minimum absolute atomic E-state index is 0.0126. The highest BCUT2D eigenvalue weighted by Gasteiger charge is 2.20. The molecule has 0 spiro atoms. The minimum atomic E-state index is -4.34. The Kier molecular flexibility index (Phi) is 3.68. The van der Waals surface area contributed by atoms with Gasteiger partial charge in [0, 0.05) is 0 Å². The molecule has 20 heavy (non-hydrogen) atoms. The van der Waals surface area contributed by atoms with Crippen molar-refractivity contribution in [3.8, 4) is 11.8 Å². The predicted molar refractivity (Wildman–Crippen MR) is 65.3 cm³/mol. The quantitative estimate of drug-likeness (QED) is 0.816. The van der Waals surface area contributed by atoms with E-state index in [1.54, 1.807) is 6.07 Å². The summed E-state index contributed by atoms with van der Waals surface area (Å²) >= 11 is 0. The topological polar surface area (TPSA) is 67.2 Å². The van der Waals surface area contributed by atoms with Gasteiger partial charge in [0.2, 0.25) is 0 Å². The molecule has 0 aliphatic carbocycles. The largest absolute Gasteiger partial charge is 0.378 e. The highest BCUT2D eigenvalue weighted by molar-refractivity contribution is 7.87. The first-order chi connectivity index (χ1) is 9.44. The van der Waals surface area contributed by atoms with E-state index in [1.165, 1.54) is 24.3 Å². The maximum Gasteiger partial charge on any atom is 0.339 e. The number of para-hydroxylation sites is 1. The van der Waals surface area contributed by atoms with Crippen molar-refractivity contribution >= 4 is 10.1 Å². The molecule has 0 radical (unpaired) electrons. The second kappa shape index (κ2) is 5.27. The normalized spacial score (nSPS) is 10.8. The molecule has 102 valence electrons. The lowest BCUT2D eigenvalue weighted by atomic mass is 10.2. The molecule has 2 aromatic rings. The predicted octanol–water partition coefficient (Wildman–Crippen LogP) is 2.60. The Hall–Kier alpha value is -2.46. The van der Waals surface area contributed by atoms with E-state index in [4.69, 9.17) is 9.44 Å². The number of halogens is 2. The van der Waals surface area contributed by atoms with Crippen LogP contribution in [0.25, 0.3) is 0 Å². The zero-order valence-corrected chi connectivity index (χ0v) is 10.7. The molecule has 0 saturated carbocycles. The number of nitrogens with zero attached hydrogens (tertiary/aromatic N) is 1. The van der Waals surface area contributed by atoms with Gasteiger partial charge in [0.05, 0.1) is 5.56 Å². The van der Waals surface area contributed by atoms with E-state index >= 15 is 0 Å². The van der Waals surface area contributed by atoms with Crippen LogP contribution in [0.3, 0.4) is 0 Å². The molecule has 0 fully saturated rings. The molecule has 0 aliphatic rings. The molecule has 2 aromatic carbocycles. The van der Waals surface area contributed by atoms with Gasteiger partial charge in [-0.05, 0) is 30.3 Å². The first-order valence-corrected chi connectivity index (χ1v) is 6.73. The number of rotatable bonds is 3. The first kappa shape index (κ1) is 14.0. The second-order valence-electron chi connectivity index (χ2n) is 3.72. The van der Waals surface area contributed by atoms with Crippen LogP contribution in [0, 0.1) is 23.0 Å². The van der Waals surface area contributed by atoms with Crippen molar-refractivity contribution < 1.29 is 21.4 Å². The van der Waals surface area contributed by atoms with E-state index in [-0.39, 0.29) is 11.3 Å². The highest BCUT2D eigenvalue weighted by Crippen LogP contribution is 2.23. The SMILES string of the molecule is N#Cc1ccccc1OS(=O)(=O)c1ccc(F)c(F)c1. The molecule has 4 nitrogen and oxygen atoms in total. The fourth-order valence-corrected chi connectivity index (χ4v) is 2.39. The summed E-state index contributed by atoms with van der Waals surface area (Å²) < 4.78 is 54.4. The van der Waals surface area contributed by atoms with Crippen LogP contribution in [-0.2, 0) is 10.1 Å². The van der Waals surface area contributed by atoms with Crippen LogP contribution in [0.1, 0.15) is 5.56 Å². The molecule has 2 rings (SSSR count). The molecular weight excluding hydrogens is 288 g/mol. The fraction of sp³-hybridized carbons (Fsp3) is 0. The Morgan fingerprint density at radius 1 is 1.05 bits per heavy atom. The average Bonchev–Trinajstić information content (AvgIpc) is 2.42. The average molecular weight is 295 g/mol. The van der Waals surface area contributed by atoms with Gasteiger partial charge in [0.1, 0.15) is 11.0 Å². The Bertz CT molecular complexity index is 798. The molecular formula is C13H7F2NO3S. The molecule has 0 saturated heterocycles. The molecule has 0 aliphatic heterocycles. The van der Waals surface area contributed by atoms with Gasteiger partial charge in [-0.15, -0.1) is 0 Å². The van der Waals surface area contributed by atoms with E-state index in [9.17, 15) is 17.2 Å². The smallest absolute Gasteiger partial charge is 0.339 e. The van der Waals surface area contributed by atoms with Crippen molar-refractivity contribution in [1.29, 1.82) is 5.26 Å². The molecule has 0 unspecified atom stereocenters. The molecule has 0 amide bonds. The second-order valence-corrected chi connectivity index (χ2v) is 5.27. The van der Waals surface area contributed by atoms with Crippen molar-refractivity contribution in [2.24, 2.45) is 0 Å². The van der Waals surface area contributed by atoms with Gasteiger partial charge < -0.3 is 4.18 Å². The van der Waals surface area contributed by atoms with Crippen molar-refractivity contribution in [2.45, 2.75) is 4.90 Å². The molecule has 0 N–H and O–H groups in total. The number of nitriles is 1. The van der Waals surface area contributed by atoms with Crippen LogP contribution in [0.5, 0.6) is 5.75 Å². The summed E-state index contributed by atoms with van der Waals surface area (Å²) in [4.78, 5) is -0.538. The van der Waals surface area contributed by atoms with Crippen molar-refractivity contribution in [1.82, 2.24) is 0 Å². The monoisotopic (exact) mass is 295 g/mol. The Labute approximate surface area is 114 Å². The van der Waals surface area contributed by atoms with Crippen LogP contribution in [0.2, 0.25) is 0 Å². The summed E-state index contributed by atoms with van der Waals surface area (Å²) in [5.41, 5.74) is 0.0126. The van der Waals surface area contributed by atoms with Crippen LogP contribution >= 0.6 is 0 Å². The standard InChI is InChI=1S/C13H7F2NO3S/c14-11-6-5-10(7-12(11)15)20(17,18)19-13-4-2-1-3-9(13)8-16/h1-7H. The van der Waals surface area contributed by atoms with Gasteiger partial charge >= 0.3 is 10.1 Å². The maximum absolute atomic E-state index is 13.0. The van der Waals surface area contributed by atoms with Crippen molar-refractivity contribution in [3.05, 3.63) is 59.7 Å². The van der Waals surface area contributed by atoms with E-state index in [0.29, 0.717) is 12.1 Å². The van der Waals surface area contributed by atoms with Gasteiger partial charge in [-0.3, -0.25) is 0 Å². The summed E-state index contributed by atoms with van der Waals surface area (Å²) in [6, 6.07) is 9.52. The summed E-state index contributed by atoms with van der Waals surface area (Å²) in [5.74, 6) is -2.65. The van der Waals surface area contributed by atoms with E-state index in [1.807, 2.05) is 0 Å². The molecule has 0 atom stereocenters. The van der Waals surface area contributed by atoms with Gasteiger partial charge in [0.15, 0.2) is 17.4 Å². The first-order valence-electron chi connectivity index (χ1n) is 5.33. The zero-order valence-electron chi connectivity index (χ0n) is 9.88. The molecule has 0 aromatic heterocycles. The van der Waals surface area contributed by atoms with Crippen molar-refractivity contribution in [3.63, 3.8) is 0 Å². The summed E-state index contributed by atoms with van der Waals surface area (Å²) in [7, 11) is -4.34. The third kappa shape index (κ3) is 2.75. The third-order valence-corrected chi connectivity index (χ3v) is 3.62. The Morgan fingerprint density at radius 2 is 1.75 bits per heavy atom. The van der Waals surface area contributed by atoms with Crippen LogP contribution < -0.4 is 4.18 Å². The molecule has 0 heterocycles. The molecule has 7 heteroatoms. The van der Waals surface area contributed by atoms with Gasteiger partial charge in [-0.25, -0.2) is 8.78 Å². The highest BCUT2D eigenvalue weighted by atomic mass is 32.2. The lowest BCUT2D eigenvalue weighted by Crippen LogP contribution is -2.11.